The molecule has 0 N–H and O–H groups in total. The number of hydrogen-bond acceptors (Lipinski definition) is 2. The van der Waals surface area contributed by atoms with E-state index in [9.17, 15) is 0 Å². The first kappa shape index (κ1) is 28.1. The number of aromatic nitrogens is 3. The van der Waals surface area contributed by atoms with Crippen LogP contribution in [0, 0.1) is 20.8 Å². The van der Waals surface area contributed by atoms with Crippen molar-refractivity contribution >= 4 is 0 Å². The lowest BCUT2D eigenvalue weighted by molar-refractivity contribution is -0.660. The lowest BCUT2D eigenvalue weighted by Gasteiger charge is -2.03. The van der Waals surface area contributed by atoms with Gasteiger partial charge in [-0.05, 0) is 73.9 Å². The first-order chi connectivity index (χ1) is 19.5. The summed E-state index contributed by atoms with van der Waals surface area (Å²) in [4.78, 5) is 8.62. The Labute approximate surface area is 238 Å². The first-order valence-corrected chi connectivity index (χ1v) is 13.5. The van der Waals surface area contributed by atoms with Gasteiger partial charge in [0.2, 0.25) is 5.69 Å². The highest BCUT2D eigenvalue weighted by Gasteiger charge is 2.09. The van der Waals surface area contributed by atoms with Gasteiger partial charge in [0, 0.05) is 41.2 Å². The predicted octanol–water partition coefficient (Wildman–Crippen LogP) is 8.60. The molecule has 0 spiro atoms. The Morgan fingerprint density at radius 3 is 1.23 bits per heavy atom. The lowest BCUT2D eigenvalue weighted by atomic mass is 10.1. The standard InChI is InChI=1S/C13H14N.2C12H11N/c1-11-7-3-4-8-12(11)13-9-5-6-10-14(13)2;2*1-10-6-2-3-7-11(10)12-8-4-5-9-13-12/h3-10H,1-2H3;2*2-9H,1H3/q+1;;. The van der Waals surface area contributed by atoms with E-state index in [2.05, 4.69) is 109 Å². The fraction of sp³-hybridized carbons (Fsp3) is 0.108. The number of hydrogen-bond donors (Lipinski definition) is 0. The molecule has 0 fully saturated rings. The second-order valence-electron chi connectivity index (χ2n) is 9.57. The molecular weight excluding hydrogens is 486 g/mol. The van der Waals surface area contributed by atoms with E-state index in [0.717, 1.165) is 11.4 Å². The third-order valence-corrected chi connectivity index (χ3v) is 6.65. The molecule has 0 aliphatic rings. The van der Waals surface area contributed by atoms with E-state index in [-0.39, 0.29) is 0 Å². The third kappa shape index (κ3) is 7.58. The average molecular weight is 523 g/mol. The van der Waals surface area contributed by atoms with E-state index in [1.165, 1.54) is 39.1 Å². The molecule has 0 aliphatic carbocycles. The topological polar surface area (TPSA) is 29.7 Å². The molecule has 40 heavy (non-hydrogen) atoms. The van der Waals surface area contributed by atoms with Gasteiger partial charge in [0.05, 0.1) is 11.4 Å². The van der Waals surface area contributed by atoms with Gasteiger partial charge in [-0.1, -0.05) is 78.9 Å². The molecule has 6 aromatic rings. The van der Waals surface area contributed by atoms with E-state index >= 15 is 0 Å². The van der Waals surface area contributed by atoms with Crippen molar-refractivity contribution in [1.82, 2.24) is 9.97 Å². The average Bonchev–Trinajstić information content (AvgIpc) is 3.00. The van der Waals surface area contributed by atoms with Crippen LogP contribution in [0.4, 0.5) is 0 Å². The second kappa shape index (κ2) is 14.3. The molecule has 3 nitrogen and oxygen atoms in total. The van der Waals surface area contributed by atoms with Crippen molar-refractivity contribution < 1.29 is 4.57 Å². The Morgan fingerprint density at radius 2 is 0.825 bits per heavy atom. The molecule has 198 valence electrons. The Balaban J connectivity index is 0.000000139. The van der Waals surface area contributed by atoms with Crippen molar-refractivity contribution in [2.45, 2.75) is 20.8 Å². The maximum Gasteiger partial charge on any atom is 0.212 e. The molecule has 0 radical (unpaired) electrons. The number of aryl methyl sites for hydroxylation is 4. The Kier molecular flexibility index (Phi) is 10.1. The number of benzene rings is 3. The van der Waals surface area contributed by atoms with Crippen molar-refractivity contribution in [3.05, 3.63) is 163 Å². The summed E-state index contributed by atoms with van der Waals surface area (Å²) in [5.74, 6) is 0. The second-order valence-corrected chi connectivity index (χ2v) is 9.57. The summed E-state index contributed by atoms with van der Waals surface area (Å²) in [6.07, 6.45) is 5.71. The molecule has 0 unspecified atom stereocenters. The quantitative estimate of drug-likeness (QED) is 0.218. The molecule has 0 bridgehead atoms. The summed E-state index contributed by atoms with van der Waals surface area (Å²) >= 11 is 0. The Morgan fingerprint density at radius 1 is 0.425 bits per heavy atom. The minimum Gasteiger partial charge on any atom is -0.256 e. The van der Waals surface area contributed by atoms with E-state index in [0.29, 0.717) is 0 Å². The zero-order valence-electron chi connectivity index (χ0n) is 23.7. The number of nitrogens with zero attached hydrogens (tertiary/aromatic N) is 3. The zero-order valence-corrected chi connectivity index (χ0v) is 23.7. The normalized spacial score (nSPS) is 10.0. The van der Waals surface area contributed by atoms with Gasteiger partial charge in [0.25, 0.3) is 0 Å². The monoisotopic (exact) mass is 522 g/mol. The van der Waals surface area contributed by atoms with Crippen LogP contribution in [0.15, 0.2) is 146 Å². The van der Waals surface area contributed by atoms with Crippen LogP contribution in [0.2, 0.25) is 0 Å². The van der Waals surface area contributed by atoms with Crippen molar-refractivity contribution in [3.63, 3.8) is 0 Å². The summed E-state index contributed by atoms with van der Waals surface area (Å²) in [5, 5.41) is 0. The van der Waals surface area contributed by atoms with Crippen molar-refractivity contribution in [3.8, 4) is 33.8 Å². The van der Waals surface area contributed by atoms with Crippen LogP contribution in [0.3, 0.4) is 0 Å². The maximum atomic E-state index is 4.31. The molecular formula is C37H36N3+. The molecule has 3 aromatic heterocycles. The smallest absolute Gasteiger partial charge is 0.212 e. The molecule has 0 amide bonds. The van der Waals surface area contributed by atoms with Gasteiger partial charge in [-0.25, -0.2) is 4.57 Å². The van der Waals surface area contributed by atoms with Crippen LogP contribution in [-0.4, -0.2) is 9.97 Å². The summed E-state index contributed by atoms with van der Waals surface area (Å²) in [6, 6.07) is 43.2. The molecule has 3 aromatic carbocycles. The van der Waals surface area contributed by atoms with Gasteiger partial charge >= 0.3 is 0 Å². The van der Waals surface area contributed by atoms with Gasteiger partial charge in [0.1, 0.15) is 7.05 Å². The zero-order chi connectivity index (χ0) is 28.2. The molecule has 0 atom stereocenters. The highest BCUT2D eigenvalue weighted by atomic mass is 14.9. The number of rotatable bonds is 3. The molecule has 0 aliphatic heterocycles. The summed E-state index contributed by atoms with van der Waals surface area (Å²) < 4.78 is 2.14. The minimum absolute atomic E-state index is 1.04. The van der Waals surface area contributed by atoms with E-state index < -0.39 is 0 Å². The summed E-state index contributed by atoms with van der Waals surface area (Å²) in [7, 11) is 2.07. The van der Waals surface area contributed by atoms with Crippen molar-refractivity contribution in [1.29, 1.82) is 0 Å². The fourth-order valence-corrected chi connectivity index (χ4v) is 4.43. The SMILES string of the molecule is Cc1ccccc1-c1cccc[n+]1C.Cc1ccccc1-c1ccccn1.Cc1ccccc1-c1ccccn1. The Hall–Kier alpha value is -4.89. The van der Waals surface area contributed by atoms with Crippen molar-refractivity contribution in [2.24, 2.45) is 7.05 Å². The fourth-order valence-electron chi connectivity index (χ4n) is 4.43. The van der Waals surface area contributed by atoms with Gasteiger partial charge in [-0.2, -0.15) is 0 Å². The largest absolute Gasteiger partial charge is 0.256 e. The van der Waals surface area contributed by atoms with Crippen LogP contribution in [0.5, 0.6) is 0 Å². The molecule has 0 saturated heterocycles. The molecule has 0 saturated carbocycles. The molecule has 3 heteroatoms. The van der Waals surface area contributed by atoms with Crippen LogP contribution in [0.1, 0.15) is 16.7 Å². The Bertz CT molecular complexity index is 1500. The van der Waals surface area contributed by atoms with Gasteiger partial charge < -0.3 is 0 Å². The van der Waals surface area contributed by atoms with Crippen LogP contribution in [-0.2, 0) is 7.05 Å². The van der Waals surface area contributed by atoms with Gasteiger partial charge in [0.15, 0.2) is 6.20 Å². The summed E-state index contributed by atoms with van der Waals surface area (Å²) in [5.41, 5.74) is 10.9. The van der Waals surface area contributed by atoms with Gasteiger partial charge in [-0.15, -0.1) is 0 Å². The maximum absolute atomic E-state index is 4.31. The molecule has 6 rings (SSSR count). The van der Waals surface area contributed by atoms with Crippen LogP contribution < -0.4 is 4.57 Å². The predicted molar refractivity (Wildman–Crippen MR) is 167 cm³/mol. The lowest BCUT2D eigenvalue weighted by Crippen LogP contribution is -2.30. The molecule has 3 heterocycles. The minimum atomic E-state index is 1.04. The van der Waals surface area contributed by atoms with Crippen molar-refractivity contribution in [2.75, 3.05) is 0 Å². The third-order valence-electron chi connectivity index (χ3n) is 6.65. The van der Waals surface area contributed by atoms with E-state index in [1.54, 1.807) is 0 Å². The van der Waals surface area contributed by atoms with Gasteiger partial charge in [-0.3, -0.25) is 9.97 Å². The van der Waals surface area contributed by atoms with Crippen LogP contribution >= 0.6 is 0 Å². The first-order valence-electron chi connectivity index (χ1n) is 13.5. The highest BCUT2D eigenvalue weighted by molar-refractivity contribution is 5.63. The van der Waals surface area contributed by atoms with E-state index in [4.69, 9.17) is 0 Å². The van der Waals surface area contributed by atoms with Crippen LogP contribution in [0.25, 0.3) is 33.8 Å². The summed E-state index contributed by atoms with van der Waals surface area (Å²) in [6.45, 7) is 6.34. The van der Waals surface area contributed by atoms with E-state index in [1.807, 2.05) is 79.1 Å². The highest BCUT2D eigenvalue weighted by Crippen LogP contribution is 2.21. The number of pyridine rings is 3.